The lowest BCUT2D eigenvalue weighted by Crippen LogP contribution is -2.09. The number of carbonyl (C=O) groups excluding carboxylic acids is 1. The molecule has 0 N–H and O–H groups in total. The highest BCUT2D eigenvalue weighted by atomic mass is 35.5. The van der Waals surface area contributed by atoms with Crippen LogP contribution in [0.5, 0.6) is 5.75 Å². The SMILES string of the molecule is CCCc1cc(=O)oc2cc(OC(=O)c3ccc(Cl)c([N+](=O)[O-])c3)ccc12. The molecule has 0 fully saturated rings. The first-order valence-corrected chi connectivity index (χ1v) is 8.49. The maximum atomic E-state index is 12.3. The van der Waals surface area contributed by atoms with Gasteiger partial charge in [0.2, 0.25) is 0 Å². The van der Waals surface area contributed by atoms with Gasteiger partial charge in [-0.3, -0.25) is 10.1 Å². The minimum Gasteiger partial charge on any atom is -0.423 e. The molecule has 3 rings (SSSR count). The Morgan fingerprint density at radius 3 is 2.70 bits per heavy atom. The molecule has 0 spiro atoms. The number of fused-ring (bicyclic) bond motifs is 1. The third-order valence-corrected chi connectivity index (χ3v) is 4.23. The van der Waals surface area contributed by atoms with Gasteiger partial charge in [-0.1, -0.05) is 24.9 Å². The highest BCUT2D eigenvalue weighted by Crippen LogP contribution is 2.27. The summed E-state index contributed by atoms with van der Waals surface area (Å²) >= 11 is 5.74. The zero-order valence-corrected chi connectivity index (χ0v) is 15.0. The quantitative estimate of drug-likeness (QED) is 0.210. The predicted octanol–water partition coefficient (Wildman–Crippen LogP) is 4.53. The van der Waals surface area contributed by atoms with E-state index in [9.17, 15) is 19.7 Å². The molecular formula is C19H14ClNO6. The zero-order valence-electron chi connectivity index (χ0n) is 14.2. The topological polar surface area (TPSA) is 99.7 Å². The predicted molar refractivity (Wildman–Crippen MR) is 99.5 cm³/mol. The summed E-state index contributed by atoms with van der Waals surface area (Å²) in [5.41, 5.74) is 0.267. The van der Waals surface area contributed by atoms with Crippen molar-refractivity contribution in [3.8, 4) is 5.75 Å². The summed E-state index contributed by atoms with van der Waals surface area (Å²) in [6, 6.07) is 9.80. The first-order valence-electron chi connectivity index (χ1n) is 8.12. The number of rotatable bonds is 5. The average Bonchev–Trinajstić information content (AvgIpc) is 2.61. The molecule has 0 saturated heterocycles. The van der Waals surface area contributed by atoms with Crippen molar-refractivity contribution in [1.82, 2.24) is 0 Å². The number of esters is 1. The van der Waals surface area contributed by atoms with Gasteiger partial charge in [0.05, 0.1) is 10.5 Å². The molecule has 8 heteroatoms. The van der Waals surface area contributed by atoms with Gasteiger partial charge in [0.25, 0.3) is 5.69 Å². The van der Waals surface area contributed by atoms with Crippen molar-refractivity contribution in [3.63, 3.8) is 0 Å². The van der Waals surface area contributed by atoms with Gasteiger partial charge >= 0.3 is 11.6 Å². The summed E-state index contributed by atoms with van der Waals surface area (Å²) in [6.45, 7) is 2.00. The molecule has 0 amide bonds. The molecule has 1 aromatic heterocycles. The minimum atomic E-state index is -0.791. The van der Waals surface area contributed by atoms with Gasteiger partial charge in [-0.25, -0.2) is 9.59 Å². The van der Waals surface area contributed by atoms with Crippen molar-refractivity contribution in [3.05, 3.63) is 79.1 Å². The van der Waals surface area contributed by atoms with Crippen LogP contribution in [-0.2, 0) is 6.42 Å². The van der Waals surface area contributed by atoms with Gasteiger partial charge in [-0.15, -0.1) is 0 Å². The van der Waals surface area contributed by atoms with E-state index in [2.05, 4.69) is 0 Å². The number of ether oxygens (including phenoxy) is 1. The van der Waals surface area contributed by atoms with Crippen LogP contribution in [0.15, 0.2) is 51.7 Å². The summed E-state index contributed by atoms with van der Waals surface area (Å²) in [7, 11) is 0. The lowest BCUT2D eigenvalue weighted by Gasteiger charge is -2.08. The maximum Gasteiger partial charge on any atom is 0.343 e. The van der Waals surface area contributed by atoms with E-state index in [0.29, 0.717) is 5.58 Å². The second-order valence-electron chi connectivity index (χ2n) is 5.81. The van der Waals surface area contributed by atoms with E-state index in [1.165, 1.54) is 24.3 Å². The van der Waals surface area contributed by atoms with Crippen LogP contribution >= 0.6 is 11.6 Å². The fraction of sp³-hybridized carbons (Fsp3) is 0.158. The summed E-state index contributed by atoms with van der Waals surface area (Å²) in [6.07, 6.45) is 1.58. The van der Waals surface area contributed by atoms with Crippen LogP contribution in [0.2, 0.25) is 5.02 Å². The number of aryl methyl sites for hydroxylation is 1. The van der Waals surface area contributed by atoms with Gasteiger partial charge in [0.1, 0.15) is 16.4 Å². The van der Waals surface area contributed by atoms with Crippen molar-refractivity contribution in [2.45, 2.75) is 19.8 Å². The van der Waals surface area contributed by atoms with Crippen molar-refractivity contribution in [2.24, 2.45) is 0 Å². The number of hydrogen-bond donors (Lipinski definition) is 0. The number of nitro benzene ring substituents is 1. The minimum absolute atomic E-state index is 0.0209. The van der Waals surface area contributed by atoms with E-state index in [-0.39, 0.29) is 22.0 Å². The third kappa shape index (κ3) is 3.98. The van der Waals surface area contributed by atoms with Crippen molar-refractivity contribution >= 4 is 34.2 Å². The van der Waals surface area contributed by atoms with E-state index < -0.39 is 16.5 Å². The molecule has 3 aromatic rings. The molecule has 0 aliphatic rings. The molecule has 0 bridgehead atoms. The largest absolute Gasteiger partial charge is 0.423 e. The molecule has 0 unspecified atom stereocenters. The molecule has 0 atom stereocenters. The molecule has 0 aliphatic carbocycles. The fourth-order valence-electron chi connectivity index (χ4n) is 2.70. The van der Waals surface area contributed by atoms with E-state index >= 15 is 0 Å². The smallest absolute Gasteiger partial charge is 0.343 e. The van der Waals surface area contributed by atoms with Gasteiger partial charge < -0.3 is 9.15 Å². The second kappa shape index (κ2) is 7.59. The van der Waals surface area contributed by atoms with Crippen LogP contribution in [0.25, 0.3) is 11.0 Å². The fourth-order valence-corrected chi connectivity index (χ4v) is 2.88. The van der Waals surface area contributed by atoms with Gasteiger partial charge in [0.15, 0.2) is 0 Å². The lowest BCUT2D eigenvalue weighted by molar-refractivity contribution is -0.384. The summed E-state index contributed by atoms with van der Waals surface area (Å²) in [5.74, 6) is -0.636. The molecule has 7 nitrogen and oxygen atoms in total. The molecule has 0 aliphatic heterocycles. The van der Waals surface area contributed by atoms with Gasteiger partial charge in [-0.05, 0) is 36.2 Å². The van der Waals surface area contributed by atoms with Crippen LogP contribution in [0.1, 0.15) is 29.3 Å². The van der Waals surface area contributed by atoms with Crippen molar-refractivity contribution in [2.75, 3.05) is 0 Å². The van der Waals surface area contributed by atoms with Gasteiger partial charge in [0, 0.05) is 23.6 Å². The Kier molecular flexibility index (Phi) is 5.23. The van der Waals surface area contributed by atoms with Crippen LogP contribution in [0, 0.1) is 10.1 Å². The second-order valence-corrected chi connectivity index (χ2v) is 6.22. The zero-order chi connectivity index (χ0) is 19.6. The number of benzene rings is 2. The highest BCUT2D eigenvalue weighted by molar-refractivity contribution is 6.32. The molecule has 2 aromatic carbocycles. The normalized spacial score (nSPS) is 10.7. The monoisotopic (exact) mass is 387 g/mol. The number of nitro groups is 1. The molecule has 0 radical (unpaired) electrons. The summed E-state index contributed by atoms with van der Waals surface area (Å²) in [4.78, 5) is 34.3. The Morgan fingerprint density at radius 2 is 2.00 bits per heavy atom. The lowest BCUT2D eigenvalue weighted by atomic mass is 10.1. The summed E-state index contributed by atoms with van der Waals surface area (Å²) in [5, 5.41) is 11.6. The van der Waals surface area contributed by atoms with E-state index in [4.69, 9.17) is 20.8 Å². The molecule has 138 valence electrons. The van der Waals surface area contributed by atoms with Crippen molar-refractivity contribution < 1.29 is 18.9 Å². The first kappa shape index (κ1) is 18.6. The van der Waals surface area contributed by atoms with Crippen LogP contribution < -0.4 is 10.4 Å². The standard InChI is InChI=1S/C19H14ClNO6/c1-2-3-11-9-18(22)27-17-10-13(5-6-14(11)17)26-19(23)12-4-7-15(20)16(8-12)21(24)25/h4-10H,2-3H2,1H3. The van der Waals surface area contributed by atoms with E-state index in [1.54, 1.807) is 12.1 Å². The third-order valence-electron chi connectivity index (χ3n) is 3.91. The molecular weight excluding hydrogens is 374 g/mol. The van der Waals surface area contributed by atoms with Crippen LogP contribution in [0.3, 0.4) is 0 Å². The maximum absolute atomic E-state index is 12.3. The highest BCUT2D eigenvalue weighted by Gasteiger charge is 2.18. The van der Waals surface area contributed by atoms with E-state index in [1.807, 2.05) is 6.92 Å². The van der Waals surface area contributed by atoms with Crippen LogP contribution in [-0.4, -0.2) is 10.9 Å². The Labute approximate surface area is 158 Å². The first-order chi connectivity index (χ1) is 12.9. The van der Waals surface area contributed by atoms with Gasteiger partial charge in [-0.2, -0.15) is 0 Å². The number of halogens is 1. The molecule has 0 saturated carbocycles. The Balaban J connectivity index is 1.92. The number of nitrogens with zero attached hydrogens (tertiary/aromatic N) is 1. The average molecular weight is 388 g/mol. The number of carbonyl (C=O) groups is 1. The molecule has 1 heterocycles. The Morgan fingerprint density at radius 1 is 1.22 bits per heavy atom. The summed E-state index contributed by atoms with van der Waals surface area (Å²) < 4.78 is 10.4. The van der Waals surface area contributed by atoms with Crippen molar-refractivity contribution in [1.29, 1.82) is 0 Å². The Hall–Kier alpha value is -3.19. The van der Waals surface area contributed by atoms with E-state index in [0.717, 1.165) is 29.9 Å². The number of hydrogen-bond acceptors (Lipinski definition) is 6. The van der Waals surface area contributed by atoms with Crippen LogP contribution in [0.4, 0.5) is 5.69 Å². The Bertz CT molecular complexity index is 1110. The molecule has 27 heavy (non-hydrogen) atoms.